The van der Waals surface area contributed by atoms with E-state index < -0.39 is 0 Å². The highest BCUT2D eigenvalue weighted by Gasteiger charge is 2.13. The number of nitrogens with one attached hydrogen (secondary N) is 1. The number of fused-ring (bicyclic) bond motifs is 1. The molecule has 5 N–H and O–H groups in total. The van der Waals surface area contributed by atoms with Crippen molar-refractivity contribution >= 4 is 22.5 Å². The summed E-state index contributed by atoms with van der Waals surface area (Å²) in [5.41, 5.74) is 12.9. The Morgan fingerprint density at radius 2 is 2.31 bits per heavy atom. The molecule has 0 aliphatic heterocycles. The van der Waals surface area contributed by atoms with Gasteiger partial charge in [-0.3, -0.25) is 0 Å². The molecule has 0 aromatic carbocycles. The Labute approximate surface area is 75.2 Å². The minimum absolute atomic E-state index is 0.448. The van der Waals surface area contributed by atoms with Crippen LogP contribution in [0.1, 0.15) is 6.92 Å². The first-order valence-electron chi connectivity index (χ1n) is 4.11. The lowest BCUT2D eigenvalue weighted by Gasteiger charge is -2.05. The minimum atomic E-state index is 0.448. The quantitative estimate of drug-likeness (QED) is 0.632. The van der Waals surface area contributed by atoms with E-state index in [0.29, 0.717) is 18.1 Å². The Morgan fingerprint density at radius 1 is 1.54 bits per heavy atom. The number of nitrogen functional groups attached to an aromatic ring is 2. The van der Waals surface area contributed by atoms with Crippen molar-refractivity contribution in [3.8, 4) is 0 Å². The lowest BCUT2D eigenvalue weighted by molar-refractivity contribution is 0.136. The molecule has 0 spiro atoms. The van der Waals surface area contributed by atoms with E-state index >= 15 is 0 Å². The van der Waals surface area contributed by atoms with Gasteiger partial charge in [0.1, 0.15) is 6.61 Å². The van der Waals surface area contributed by atoms with Crippen LogP contribution in [0.5, 0.6) is 0 Å². The van der Waals surface area contributed by atoms with Gasteiger partial charge in [0.2, 0.25) is 0 Å². The second-order valence-electron chi connectivity index (χ2n) is 2.75. The van der Waals surface area contributed by atoms with Crippen molar-refractivity contribution in [2.75, 3.05) is 18.1 Å². The van der Waals surface area contributed by atoms with Crippen LogP contribution in [0.3, 0.4) is 0 Å². The van der Waals surface area contributed by atoms with E-state index in [1.54, 1.807) is 6.20 Å². The van der Waals surface area contributed by atoms with Gasteiger partial charge in [0.25, 0.3) is 0 Å². The molecule has 0 bridgehead atoms. The maximum absolute atomic E-state index is 5.77. The Hall–Kier alpha value is -1.78. The van der Waals surface area contributed by atoms with Crippen molar-refractivity contribution in [1.82, 2.24) is 9.71 Å². The molecule has 5 heteroatoms. The van der Waals surface area contributed by atoms with E-state index in [9.17, 15) is 0 Å². The fourth-order valence-electron chi connectivity index (χ4n) is 1.38. The predicted octanol–water partition coefficient (Wildman–Crippen LogP) is 0.582. The van der Waals surface area contributed by atoms with Gasteiger partial charge in [-0.15, -0.1) is 4.73 Å². The Balaban J connectivity index is 2.69. The first kappa shape index (κ1) is 7.85. The zero-order chi connectivity index (χ0) is 9.42. The summed E-state index contributed by atoms with van der Waals surface area (Å²) >= 11 is 0. The van der Waals surface area contributed by atoms with Crippen molar-refractivity contribution in [3.05, 3.63) is 12.3 Å². The van der Waals surface area contributed by atoms with Gasteiger partial charge in [-0.25, -0.2) is 0 Å². The molecule has 5 nitrogen and oxygen atoms in total. The van der Waals surface area contributed by atoms with Crippen LogP contribution < -0.4 is 16.3 Å². The van der Waals surface area contributed by atoms with Crippen LogP contribution in [-0.4, -0.2) is 16.3 Å². The Morgan fingerprint density at radius 3 is 3.00 bits per heavy atom. The van der Waals surface area contributed by atoms with Gasteiger partial charge in [-0.1, -0.05) is 0 Å². The summed E-state index contributed by atoms with van der Waals surface area (Å²) in [5.74, 6) is 0.448. The standard InChI is InChI=1S/C8H12N4O/c1-2-13-12-7(10)6(9)5-3-4-11-8(5)12/h3-4,11H,2,9-10H2,1H3. The van der Waals surface area contributed by atoms with Crippen LogP contribution in [0.25, 0.3) is 11.0 Å². The number of hydrogen-bond donors (Lipinski definition) is 3. The van der Waals surface area contributed by atoms with Gasteiger partial charge in [0.05, 0.1) is 5.69 Å². The topological polar surface area (TPSA) is 82.0 Å². The highest BCUT2D eigenvalue weighted by Crippen LogP contribution is 2.28. The first-order valence-corrected chi connectivity index (χ1v) is 4.11. The SMILES string of the molecule is CCOn1c(N)c(N)c2cc[nH]c21. The smallest absolute Gasteiger partial charge is 0.166 e. The molecule has 2 rings (SSSR count). The summed E-state index contributed by atoms with van der Waals surface area (Å²) in [6.45, 7) is 2.44. The predicted molar refractivity (Wildman–Crippen MR) is 52.2 cm³/mol. The number of anilines is 2. The van der Waals surface area contributed by atoms with Gasteiger partial charge in [-0.2, -0.15) is 0 Å². The maximum Gasteiger partial charge on any atom is 0.166 e. The van der Waals surface area contributed by atoms with Crippen LogP contribution in [0.2, 0.25) is 0 Å². The molecule has 2 heterocycles. The van der Waals surface area contributed by atoms with E-state index in [-0.39, 0.29) is 0 Å². The molecular formula is C8H12N4O. The molecule has 0 amide bonds. The highest BCUT2D eigenvalue weighted by atomic mass is 16.7. The van der Waals surface area contributed by atoms with Gasteiger partial charge in [0, 0.05) is 11.6 Å². The van der Waals surface area contributed by atoms with Gasteiger partial charge in [-0.05, 0) is 13.0 Å². The Kier molecular flexibility index (Phi) is 1.58. The third kappa shape index (κ3) is 0.932. The molecule has 2 aromatic rings. The van der Waals surface area contributed by atoms with Crippen molar-refractivity contribution in [2.45, 2.75) is 6.92 Å². The van der Waals surface area contributed by atoms with Crippen molar-refractivity contribution < 1.29 is 4.84 Å². The average molecular weight is 180 g/mol. The molecule has 13 heavy (non-hydrogen) atoms. The zero-order valence-electron chi connectivity index (χ0n) is 7.37. The minimum Gasteiger partial charge on any atom is -0.411 e. The number of aromatic amines is 1. The number of hydrogen-bond acceptors (Lipinski definition) is 3. The van der Waals surface area contributed by atoms with E-state index in [1.165, 1.54) is 4.73 Å². The molecule has 0 aliphatic rings. The van der Waals surface area contributed by atoms with Crippen molar-refractivity contribution in [1.29, 1.82) is 0 Å². The summed E-state index contributed by atoms with van der Waals surface area (Å²) in [6.07, 6.45) is 1.80. The summed E-state index contributed by atoms with van der Waals surface area (Å²) in [6, 6.07) is 1.87. The normalized spacial score (nSPS) is 10.8. The number of nitrogens with zero attached hydrogens (tertiary/aromatic N) is 1. The lowest BCUT2D eigenvalue weighted by atomic mass is 10.3. The van der Waals surface area contributed by atoms with E-state index in [0.717, 1.165) is 11.0 Å². The van der Waals surface area contributed by atoms with Crippen LogP contribution in [0, 0.1) is 0 Å². The molecule has 0 atom stereocenters. The van der Waals surface area contributed by atoms with Gasteiger partial charge in [0.15, 0.2) is 11.5 Å². The molecule has 0 aliphatic carbocycles. The fraction of sp³-hybridized carbons (Fsp3) is 0.250. The number of aromatic nitrogens is 2. The largest absolute Gasteiger partial charge is 0.411 e. The molecule has 2 aromatic heterocycles. The average Bonchev–Trinajstić information content (AvgIpc) is 2.66. The molecule has 0 saturated carbocycles. The number of rotatable bonds is 2. The second-order valence-corrected chi connectivity index (χ2v) is 2.75. The summed E-state index contributed by atoms with van der Waals surface area (Å²) < 4.78 is 1.52. The van der Waals surface area contributed by atoms with Crippen LogP contribution >= 0.6 is 0 Å². The molecule has 0 unspecified atom stereocenters. The molecule has 0 saturated heterocycles. The van der Waals surface area contributed by atoms with Crippen LogP contribution in [0.15, 0.2) is 12.3 Å². The molecular weight excluding hydrogens is 168 g/mol. The summed E-state index contributed by atoms with van der Waals surface area (Å²) in [7, 11) is 0. The monoisotopic (exact) mass is 180 g/mol. The summed E-state index contributed by atoms with van der Waals surface area (Å²) in [4.78, 5) is 8.32. The lowest BCUT2D eigenvalue weighted by Crippen LogP contribution is -2.13. The van der Waals surface area contributed by atoms with Crippen LogP contribution in [0.4, 0.5) is 11.5 Å². The zero-order valence-corrected chi connectivity index (χ0v) is 7.37. The third-order valence-corrected chi connectivity index (χ3v) is 1.97. The highest BCUT2D eigenvalue weighted by molar-refractivity contribution is 5.96. The maximum atomic E-state index is 5.77. The second kappa shape index (κ2) is 2.62. The summed E-state index contributed by atoms with van der Waals surface area (Å²) in [5, 5.41) is 0.894. The van der Waals surface area contributed by atoms with E-state index in [1.807, 2.05) is 13.0 Å². The molecule has 0 fully saturated rings. The van der Waals surface area contributed by atoms with Crippen LogP contribution in [-0.2, 0) is 0 Å². The number of nitrogens with two attached hydrogens (primary N) is 2. The molecule has 0 radical (unpaired) electrons. The third-order valence-electron chi connectivity index (χ3n) is 1.97. The number of H-pyrrole nitrogens is 1. The Bertz CT molecular complexity index is 428. The first-order chi connectivity index (χ1) is 6.25. The van der Waals surface area contributed by atoms with Crippen molar-refractivity contribution in [3.63, 3.8) is 0 Å². The van der Waals surface area contributed by atoms with Gasteiger partial charge < -0.3 is 21.3 Å². The molecule has 70 valence electrons. The van der Waals surface area contributed by atoms with Gasteiger partial charge >= 0.3 is 0 Å². The van der Waals surface area contributed by atoms with Crippen molar-refractivity contribution in [2.24, 2.45) is 0 Å². The fourth-order valence-corrected chi connectivity index (χ4v) is 1.38. The van der Waals surface area contributed by atoms with E-state index in [2.05, 4.69) is 4.98 Å². The van der Waals surface area contributed by atoms with E-state index in [4.69, 9.17) is 16.3 Å².